The predicted octanol–water partition coefficient (Wildman–Crippen LogP) is -0.671. The first-order valence-electron chi connectivity index (χ1n) is 11.1. The SMILES string of the molecule is Cn1nc(C(=N)N)nc1CNC(=O)C1CCCN1C(=O)C(NCC(=O)O)C1CCCCC1. The standard InChI is InChI=1S/C20H32N8O4/c1-27-14(25-18(26-27)17(21)22)10-24-19(31)13-8-5-9-28(13)20(32)16(23-11-15(29)30)12-6-3-2-4-7-12/h12-13,16,23H,2-11H2,1H3,(H3,21,22)(H,24,31)(H,29,30). The van der Waals surface area contributed by atoms with Crippen molar-refractivity contribution in [1.82, 2.24) is 30.3 Å². The molecule has 32 heavy (non-hydrogen) atoms. The largest absolute Gasteiger partial charge is 0.480 e. The van der Waals surface area contributed by atoms with Gasteiger partial charge < -0.3 is 21.1 Å². The van der Waals surface area contributed by atoms with Crippen molar-refractivity contribution in [1.29, 1.82) is 5.41 Å². The normalized spacial score (nSPS) is 20.2. The van der Waals surface area contributed by atoms with Crippen LogP contribution in [-0.2, 0) is 28.0 Å². The predicted molar refractivity (Wildman–Crippen MR) is 115 cm³/mol. The first-order chi connectivity index (χ1) is 15.3. The molecule has 2 atom stereocenters. The van der Waals surface area contributed by atoms with Crippen molar-refractivity contribution in [2.75, 3.05) is 13.1 Å². The number of aliphatic carboxylic acids is 1. The summed E-state index contributed by atoms with van der Waals surface area (Å²) in [5, 5.41) is 26.3. The number of aromatic nitrogens is 3. The molecule has 0 radical (unpaired) electrons. The van der Waals surface area contributed by atoms with Crippen LogP contribution in [0.2, 0.25) is 0 Å². The molecule has 176 valence electrons. The Morgan fingerprint density at radius 2 is 1.94 bits per heavy atom. The van der Waals surface area contributed by atoms with Crippen LogP contribution in [0.25, 0.3) is 0 Å². The lowest BCUT2D eigenvalue weighted by Crippen LogP contribution is -2.55. The maximum atomic E-state index is 13.4. The number of carboxylic acid groups (broad SMARTS) is 1. The molecule has 1 saturated carbocycles. The van der Waals surface area contributed by atoms with Crippen LogP contribution in [0.5, 0.6) is 0 Å². The highest BCUT2D eigenvalue weighted by molar-refractivity contribution is 5.91. The van der Waals surface area contributed by atoms with Crippen LogP contribution in [0, 0.1) is 11.3 Å². The Labute approximate surface area is 186 Å². The van der Waals surface area contributed by atoms with Crippen molar-refractivity contribution >= 4 is 23.6 Å². The first kappa shape index (κ1) is 23.6. The molecule has 2 amide bonds. The third kappa shape index (κ3) is 5.61. The molecule has 0 bridgehead atoms. The zero-order chi connectivity index (χ0) is 23.3. The molecule has 1 aromatic rings. The van der Waals surface area contributed by atoms with Crippen LogP contribution in [0.15, 0.2) is 0 Å². The number of carbonyl (C=O) groups excluding carboxylic acids is 2. The number of nitrogens with two attached hydrogens (primary N) is 1. The van der Waals surface area contributed by atoms with Gasteiger partial charge in [-0.15, -0.1) is 5.10 Å². The lowest BCUT2D eigenvalue weighted by Gasteiger charge is -2.34. The van der Waals surface area contributed by atoms with E-state index in [4.69, 9.17) is 16.2 Å². The van der Waals surface area contributed by atoms with E-state index in [0.29, 0.717) is 25.2 Å². The number of hydrogen-bond donors (Lipinski definition) is 5. The first-order valence-corrected chi connectivity index (χ1v) is 11.1. The van der Waals surface area contributed by atoms with Gasteiger partial charge in [-0.3, -0.25) is 29.8 Å². The lowest BCUT2D eigenvalue weighted by atomic mass is 9.83. The topological polar surface area (TPSA) is 179 Å². The highest BCUT2D eigenvalue weighted by atomic mass is 16.4. The number of aryl methyl sites for hydroxylation is 1. The minimum atomic E-state index is -1.01. The summed E-state index contributed by atoms with van der Waals surface area (Å²) in [7, 11) is 1.65. The molecule has 2 fully saturated rings. The Hall–Kier alpha value is -3.02. The lowest BCUT2D eigenvalue weighted by molar-refractivity contribution is -0.142. The second-order valence-corrected chi connectivity index (χ2v) is 8.45. The maximum Gasteiger partial charge on any atom is 0.317 e. The van der Waals surface area contributed by atoms with E-state index in [-0.39, 0.29) is 42.5 Å². The van der Waals surface area contributed by atoms with Crippen LogP contribution in [-0.4, -0.2) is 73.6 Å². The van der Waals surface area contributed by atoms with E-state index >= 15 is 0 Å². The van der Waals surface area contributed by atoms with Gasteiger partial charge in [0.2, 0.25) is 17.6 Å². The summed E-state index contributed by atoms with van der Waals surface area (Å²) in [6.07, 6.45) is 6.17. The minimum Gasteiger partial charge on any atom is -0.480 e. The number of amidine groups is 1. The molecule has 2 unspecified atom stereocenters. The molecule has 0 spiro atoms. The summed E-state index contributed by atoms with van der Waals surface area (Å²) in [5.74, 6) is -1.14. The third-order valence-electron chi connectivity index (χ3n) is 6.21. The third-order valence-corrected chi connectivity index (χ3v) is 6.21. The molecule has 1 aliphatic carbocycles. The summed E-state index contributed by atoms with van der Waals surface area (Å²) in [4.78, 5) is 43.1. The number of nitrogens with zero attached hydrogens (tertiary/aromatic N) is 4. The molecule has 3 rings (SSSR count). The van der Waals surface area contributed by atoms with E-state index in [2.05, 4.69) is 20.7 Å². The number of carboxylic acids is 1. The Morgan fingerprint density at radius 3 is 2.56 bits per heavy atom. The number of likely N-dealkylation sites (tertiary alicyclic amines) is 1. The Balaban J connectivity index is 1.66. The van der Waals surface area contributed by atoms with Gasteiger partial charge in [-0.05, 0) is 31.6 Å². The number of nitrogens with one attached hydrogen (secondary N) is 3. The van der Waals surface area contributed by atoms with Gasteiger partial charge in [0.25, 0.3) is 0 Å². The Bertz CT molecular complexity index is 864. The van der Waals surface area contributed by atoms with E-state index in [1.54, 1.807) is 11.9 Å². The maximum absolute atomic E-state index is 13.4. The van der Waals surface area contributed by atoms with Gasteiger partial charge in [0.15, 0.2) is 5.84 Å². The van der Waals surface area contributed by atoms with E-state index in [0.717, 1.165) is 32.1 Å². The summed E-state index contributed by atoms with van der Waals surface area (Å²) >= 11 is 0. The van der Waals surface area contributed by atoms with E-state index in [9.17, 15) is 14.4 Å². The zero-order valence-electron chi connectivity index (χ0n) is 18.3. The van der Waals surface area contributed by atoms with Gasteiger partial charge in [-0.25, -0.2) is 4.98 Å². The summed E-state index contributed by atoms with van der Waals surface area (Å²) in [6, 6.07) is -1.21. The average Bonchev–Trinajstić information content (AvgIpc) is 3.39. The molecule has 1 aromatic heterocycles. The Morgan fingerprint density at radius 1 is 1.22 bits per heavy atom. The van der Waals surface area contributed by atoms with E-state index in [1.807, 2.05) is 0 Å². The highest BCUT2D eigenvalue weighted by Gasteiger charge is 2.40. The van der Waals surface area contributed by atoms with Crippen molar-refractivity contribution in [3.63, 3.8) is 0 Å². The van der Waals surface area contributed by atoms with Crippen LogP contribution in [0.4, 0.5) is 0 Å². The number of nitrogen functional groups attached to an aromatic ring is 1. The molecule has 6 N–H and O–H groups in total. The molecule has 12 heteroatoms. The number of amides is 2. The summed E-state index contributed by atoms with van der Waals surface area (Å²) < 4.78 is 1.45. The van der Waals surface area contributed by atoms with Crippen molar-refractivity contribution in [2.24, 2.45) is 18.7 Å². The van der Waals surface area contributed by atoms with Gasteiger partial charge in [-0.2, -0.15) is 0 Å². The van der Waals surface area contributed by atoms with Crippen molar-refractivity contribution in [2.45, 2.75) is 63.6 Å². The number of hydrogen-bond acceptors (Lipinski definition) is 7. The quantitative estimate of drug-likeness (QED) is 0.244. The van der Waals surface area contributed by atoms with Gasteiger partial charge in [0, 0.05) is 13.6 Å². The molecule has 2 heterocycles. The molecule has 0 aromatic carbocycles. The van der Waals surface area contributed by atoms with Gasteiger partial charge in [-0.1, -0.05) is 19.3 Å². The smallest absolute Gasteiger partial charge is 0.317 e. The molecular weight excluding hydrogens is 416 g/mol. The van der Waals surface area contributed by atoms with Crippen LogP contribution >= 0.6 is 0 Å². The number of rotatable bonds is 9. The van der Waals surface area contributed by atoms with Crippen LogP contribution in [0.3, 0.4) is 0 Å². The number of carbonyl (C=O) groups is 3. The van der Waals surface area contributed by atoms with E-state index < -0.39 is 18.1 Å². The molecule has 12 nitrogen and oxygen atoms in total. The fraction of sp³-hybridized carbons (Fsp3) is 0.700. The molecule has 1 saturated heterocycles. The zero-order valence-corrected chi connectivity index (χ0v) is 18.3. The molecule has 2 aliphatic rings. The van der Waals surface area contributed by atoms with Gasteiger partial charge in [0.1, 0.15) is 11.9 Å². The molecule has 1 aliphatic heterocycles. The second-order valence-electron chi connectivity index (χ2n) is 8.45. The van der Waals surface area contributed by atoms with E-state index in [1.165, 1.54) is 4.68 Å². The average molecular weight is 449 g/mol. The summed E-state index contributed by atoms with van der Waals surface area (Å²) in [6.45, 7) is 0.271. The fourth-order valence-electron chi connectivity index (χ4n) is 4.57. The van der Waals surface area contributed by atoms with Gasteiger partial charge >= 0.3 is 5.97 Å². The monoisotopic (exact) mass is 448 g/mol. The fourth-order valence-corrected chi connectivity index (χ4v) is 4.57. The van der Waals surface area contributed by atoms with Crippen molar-refractivity contribution < 1.29 is 19.5 Å². The highest BCUT2D eigenvalue weighted by Crippen LogP contribution is 2.29. The Kier molecular flexibility index (Phi) is 7.78. The summed E-state index contributed by atoms with van der Waals surface area (Å²) in [5.41, 5.74) is 5.41. The van der Waals surface area contributed by atoms with Crippen LogP contribution < -0.4 is 16.4 Å². The second kappa shape index (κ2) is 10.5. The van der Waals surface area contributed by atoms with Crippen molar-refractivity contribution in [3.05, 3.63) is 11.6 Å². The van der Waals surface area contributed by atoms with Gasteiger partial charge in [0.05, 0.1) is 19.1 Å². The molecular formula is C20H32N8O4. The van der Waals surface area contributed by atoms with Crippen molar-refractivity contribution in [3.8, 4) is 0 Å². The van der Waals surface area contributed by atoms with Crippen LogP contribution in [0.1, 0.15) is 56.6 Å². The minimum absolute atomic E-state index is 0.0727.